The van der Waals surface area contributed by atoms with E-state index in [1.54, 1.807) is 19.2 Å². The predicted octanol–water partition coefficient (Wildman–Crippen LogP) is 5.68. The van der Waals surface area contributed by atoms with Gasteiger partial charge in [0.1, 0.15) is 16.8 Å². The molecule has 128 valence electrons. The Kier molecular flexibility index (Phi) is 5.22. The Hall–Kier alpha value is -2.15. The van der Waals surface area contributed by atoms with Crippen LogP contribution in [0.2, 0.25) is 10.2 Å². The van der Waals surface area contributed by atoms with Crippen LogP contribution in [0.4, 0.5) is 16.6 Å². The molecule has 0 fully saturated rings. The minimum atomic E-state index is 0.382. The number of aromatic nitrogens is 3. The standard InChI is InChI=1S/C17H15Cl2N5S/c1-9-5-4-6-12(18)16(9)21-10(2)13-8-20-17(25-13)24-15-7-14(19)22-11(3)23-15/h4-8,21H,2H2,1,3H3,(H,20,22,23,24). The number of thiazole rings is 1. The van der Waals surface area contributed by atoms with E-state index in [1.807, 2.05) is 25.1 Å². The van der Waals surface area contributed by atoms with E-state index in [0.29, 0.717) is 26.9 Å². The Balaban J connectivity index is 1.75. The van der Waals surface area contributed by atoms with E-state index in [-0.39, 0.29) is 0 Å². The van der Waals surface area contributed by atoms with Crippen LogP contribution in [0, 0.1) is 13.8 Å². The monoisotopic (exact) mass is 391 g/mol. The normalized spacial score (nSPS) is 10.6. The second-order valence-corrected chi connectivity index (χ2v) is 7.14. The van der Waals surface area contributed by atoms with E-state index < -0.39 is 0 Å². The van der Waals surface area contributed by atoms with Crippen molar-refractivity contribution in [2.75, 3.05) is 10.6 Å². The summed E-state index contributed by atoms with van der Waals surface area (Å²) >= 11 is 13.6. The molecule has 1 aromatic carbocycles. The highest BCUT2D eigenvalue weighted by molar-refractivity contribution is 7.16. The molecule has 8 heteroatoms. The van der Waals surface area contributed by atoms with Crippen LogP contribution in [0.15, 0.2) is 37.0 Å². The van der Waals surface area contributed by atoms with Gasteiger partial charge in [-0.15, -0.1) is 0 Å². The Morgan fingerprint density at radius 3 is 2.72 bits per heavy atom. The van der Waals surface area contributed by atoms with E-state index >= 15 is 0 Å². The van der Waals surface area contributed by atoms with Crippen LogP contribution < -0.4 is 10.6 Å². The molecule has 3 rings (SSSR count). The van der Waals surface area contributed by atoms with Gasteiger partial charge in [-0.1, -0.05) is 53.3 Å². The van der Waals surface area contributed by atoms with Crippen LogP contribution in [0.1, 0.15) is 16.3 Å². The third-order valence-electron chi connectivity index (χ3n) is 3.34. The lowest BCUT2D eigenvalue weighted by atomic mass is 10.2. The Labute approximate surface area is 159 Å². The van der Waals surface area contributed by atoms with E-state index in [4.69, 9.17) is 23.2 Å². The van der Waals surface area contributed by atoms with Crippen molar-refractivity contribution in [2.45, 2.75) is 13.8 Å². The topological polar surface area (TPSA) is 62.7 Å². The fraction of sp³-hybridized carbons (Fsp3) is 0.118. The highest BCUT2D eigenvalue weighted by Crippen LogP contribution is 2.31. The van der Waals surface area contributed by atoms with Crippen molar-refractivity contribution in [3.05, 3.63) is 63.5 Å². The largest absolute Gasteiger partial charge is 0.353 e. The third-order valence-corrected chi connectivity index (χ3v) is 4.82. The van der Waals surface area contributed by atoms with Gasteiger partial charge in [0, 0.05) is 12.3 Å². The maximum absolute atomic E-state index is 6.25. The number of rotatable bonds is 5. The summed E-state index contributed by atoms with van der Waals surface area (Å²) in [4.78, 5) is 13.5. The molecule has 0 spiro atoms. The number of benzene rings is 1. The number of halogens is 2. The maximum Gasteiger partial charge on any atom is 0.188 e. The summed E-state index contributed by atoms with van der Waals surface area (Å²) in [6.45, 7) is 7.85. The summed E-state index contributed by atoms with van der Waals surface area (Å²) in [5, 5.41) is 8.10. The van der Waals surface area contributed by atoms with Gasteiger partial charge >= 0.3 is 0 Å². The van der Waals surface area contributed by atoms with Gasteiger partial charge in [0.05, 0.1) is 21.3 Å². The highest BCUT2D eigenvalue weighted by Gasteiger charge is 2.10. The van der Waals surface area contributed by atoms with Crippen LogP contribution in [-0.4, -0.2) is 15.0 Å². The van der Waals surface area contributed by atoms with Gasteiger partial charge in [-0.05, 0) is 25.5 Å². The molecule has 0 bridgehead atoms. The number of para-hydroxylation sites is 1. The number of hydrogen-bond acceptors (Lipinski definition) is 6. The van der Waals surface area contributed by atoms with Gasteiger partial charge in [-0.2, -0.15) is 0 Å². The Bertz CT molecular complexity index is 898. The summed E-state index contributed by atoms with van der Waals surface area (Å²) in [6, 6.07) is 7.39. The van der Waals surface area contributed by atoms with E-state index in [0.717, 1.165) is 21.8 Å². The molecule has 2 heterocycles. The minimum absolute atomic E-state index is 0.382. The lowest BCUT2D eigenvalue weighted by Crippen LogP contribution is -1.98. The molecule has 0 aliphatic carbocycles. The lowest BCUT2D eigenvalue weighted by molar-refractivity contribution is 1.06. The van der Waals surface area contributed by atoms with Crippen molar-refractivity contribution >= 4 is 56.9 Å². The van der Waals surface area contributed by atoms with Crippen LogP contribution >= 0.6 is 34.5 Å². The van der Waals surface area contributed by atoms with Gasteiger partial charge in [-0.3, -0.25) is 0 Å². The molecule has 0 unspecified atom stereocenters. The first-order valence-corrected chi connectivity index (χ1v) is 8.95. The Morgan fingerprint density at radius 1 is 1.20 bits per heavy atom. The van der Waals surface area contributed by atoms with Gasteiger partial charge in [0.25, 0.3) is 0 Å². The molecule has 0 radical (unpaired) electrons. The second-order valence-electron chi connectivity index (χ2n) is 5.31. The van der Waals surface area contributed by atoms with Crippen LogP contribution in [0.25, 0.3) is 5.70 Å². The van der Waals surface area contributed by atoms with E-state index in [2.05, 4.69) is 32.2 Å². The molecule has 0 amide bonds. The number of anilines is 3. The first-order chi connectivity index (χ1) is 11.9. The molecule has 2 N–H and O–H groups in total. The minimum Gasteiger partial charge on any atom is -0.353 e. The number of nitrogens with one attached hydrogen (secondary N) is 2. The van der Waals surface area contributed by atoms with Crippen molar-refractivity contribution in [1.29, 1.82) is 0 Å². The Morgan fingerprint density at radius 2 is 2.00 bits per heavy atom. The van der Waals surface area contributed by atoms with Crippen molar-refractivity contribution in [3.8, 4) is 0 Å². The van der Waals surface area contributed by atoms with Gasteiger partial charge in [0.15, 0.2) is 5.13 Å². The SMILES string of the molecule is C=C(Nc1c(C)cccc1Cl)c1cnc(Nc2cc(Cl)nc(C)n2)s1. The molecule has 0 aliphatic heterocycles. The van der Waals surface area contributed by atoms with Crippen LogP contribution in [-0.2, 0) is 0 Å². The first kappa shape index (κ1) is 17.7. The zero-order valence-corrected chi connectivity index (χ0v) is 15.9. The summed E-state index contributed by atoms with van der Waals surface area (Å²) in [5.74, 6) is 1.19. The van der Waals surface area contributed by atoms with Gasteiger partial charge in [0.2, 0.25) is 0 Å². The quantitative estimate of drug-likeness (QED) is 0.547. The maximum atomic E-state index is 6.25. The number of hydrogen-bond donors (Lipinski definition) is 2. The summed E-state index contributed by atoms with van der Waals surface area (Å²) < 4.78 is 0. The zero-order valence-electron chi connectivity index (χ0n) is 13.6. The fourth-order valence-electron chi connectivity index (χ4n) is 2.18. The molecular formula is C17H15Cl2N5S. The van der Waals surface area contributed by atoms with Gasteiger partial charge < -0.3 is 10.6 Å². The lowest BCUT2D eigenvalue weighted by Gasteiger charge is -2.12. The van der Waals surface area contributed by atoms with Gasteiger partial charge in [-0.25, -0.2) is 15.0 Å². The summed E-state index contributed by atoms with van der Waals surface area (Å²) in [7, 11) is 0. The van der Waals surface area contributed by atoms with Crippen molar-refractivity contribution in [1.82, 2.24) is 15.0 Å². The van der Waals surface area contributed by atoms with Crippen molar-refractivity contribution in [2.24, 2.45) is 0 Å². The summed E-state index contributed by atoms with van der Waals surface area (Å²) in [6.07, 6.45) is 1.74. The highest BCUT2D eigenvalue weighted by atomic mass is 35.5. The fourth-order valence-corrected chi connectivity index (χ4v) is 3.42. The zero-order chi connectivity index (χ0) is 18.0. The molecule has 0 aliphatic rings. The molecule has 5 nitrogen and oxygen atoms in total. The smallest absolute Gasteiger partial charge is 0.188 e. The van der Waals surface area contributed by atoms with E-state index in [9.17, 15) is 0 Å². The second kappa shape index (κ2) is 7.39. The predicted molar refractivity (Wildman–Crippen MR) is 106 cm³/mol. The molecule has 0 saturated carbocycles. The molecule has 25 heavy (non-hydrogen) atoms. The molecule has 3 aromatic rings. The van der Waals surface area contributed by atoms with E-state index in [1.165, 1.54) is 11.3 Å². The molecular weight excluding hydrogens is 377 g/mol. The van der Waals surface area contributed by atoms with Crippen LogP contribution in [0.3, 0.4) is 0 Å². The first-order valence-electron chi connectivity index (χ1n) is 7.38. The van der Waals surface area contributed by atoms with Crippen molar-refractivity contribution < 1.29 is 0 Å². The summed E-state index contributed by atoms with van der Waals surface area (Å²) in [5.41, 5.74) is 2.61. The van der Waals surface area contributed by atoms with Crippen LogP contribution in [0.5, 0.6) is 0 Å². The number of nitrogens with zero attached hydrogens (tertiary/aromatic N) is 3. The molecule has 0 atom stereocenters. The average molecular weight is 392 g/mol. The van der Waals surface area contributed by atoms with Crippen molar-refractivity contribution in [3.63, 3.8) is 0 Å². The molecule has 0 saturated heterocycles. The number of aryl methyl sites for hydroxylation is 2. The average Bonchev–Trinajstić information content (AvgIpc) is 2.98. The third kappa shape index (κ3) is 4.28. The molecule has 2 aromatic heterocycles.